The first-order chi connectivity index (χ1) is 11.5. The molecule has 0 N–H and O–H groups in total. The Hall–Kier alpha value is -2.49. The maximum atomic E-state index is 14.2. The summed E-state index contributed by atoms with van der Waals surface area (Å²) in [6, 6.07) is 11.0. The molecular weight excluding hydrogens is 307 g/mol. The smallest absolute Gasteiger partial charge is 0.311 e. The zero-order valence-electron chi connectivity index (χ0n) is 13.5. The topological polar surface area (TPSA) is 43.4 Å². The van der Waals surface area contributed by atoms with Gasteiger partial charge in [-0.3, -0.25) is 9.59 Å². The lowest BCUT2D eigenvalue weighted by atomic mass is 9.83. The Balaban J connectivity index is 1.82. The van der Waals surface area contributed by atoms with E-state index in [0.717, 1.165) is 12.8 Å². The maximum absolute atomic E-state index is 14.2. The third-order valence-corrected chi connectivity index (χ3v) is 4.43. The van der Waals surface area contributed by atoms with Gasteiger partial charge in [0, 0.05) is 17.5 Å². The summed E-state index contributed by atoms with van der Waals surface area (Å²) in [6.45, 7) is 1.47. The molecule has 124 valence electrons. The number of halogens is 1. The number of ketones is 1. The number of esters is 1. The van der Waals surface area contributed by atoms with Crippen molar-refractivity contribution in [3.8, 4) is 16.9 Å². The fourth-order valence-electron chi connectivity index (χ4n) is 2.80. The predicted octanol–water partition coefficient (Wildman–Crippen LogP) is 4.79. The monoisotopic (exact) mass is 326 g/mol. The van der Waals surface area contributed by atoms with Crippen molar-refractivity contribution in [2.75, 3.05) is 0 Å². The fourth-order valence-corrected chi connectivity index (χ4v) is 2.80. The minimum atomic E-state index is -0.422. The van der Waals surface area contributed by atoms with Crippen LogP contribution in [-0.4, -0.2) is 11.8 Å². The van der Waals surface area contributed by atoms with Gasteiger partial charge in [-0.2, -0.15) is 0 Å². The molecule has 3 nitrogen and oxygen atoms in total. The van der Waals surface area contributed by atoms with E-state index in [4.69, 9.17) is 4.74 Å². The molecule has 0 unspecified atom stereocenters. The lowest BCUT2D eigenvalue weighted by molar-refractivity contribution is -0.136. The molecule has 0 heterocycles. The Kier molecular flexibility index (Phi) is 4.74. The molecule has 4 heteroatoms. The standard InChI is InChI=1S/C20H19FO3/c1-13(22)15-6-3-7-16(11-15)18-12-17(8-9-19(18)21)24-20(23)10-14-4-2-5-14/h3,6-9,11-12,14H,2,4-5,10H2,1H3. The summed E-state index contributed by atoms with van der Waals surface area (Å²) in [7, 11) is 0. The highest BCUT2D eigenvalue weighted by molar-refractivity contribution is 5.95. The molecule has 0 saturated heterocycles. The van der Waals surface area contributed by atoms with E-state index in [9.17, 15) is 14.0 Å². The van der Waals surface area contributed by atoms with Crippen LogP contribution < -0.4 is 4.74 Å². The summed E-state index contributed by atoms with van der Waals surface area (Å²) in [5.41, 5.74) is 1.41. The molecule has 0 radical (unpaired) electrons. The van der Waals surface area contributed by atoms with Crippen molar-refractivity contribution in [3.63, 3.8) is 0 Å². The number of hydrogen-bond acceptors (Lipinski definition) is 3. The van der Waals surface area contributed by atoms with Crippen molar-refractivity contribution in [2.45, 2.75) is 32.6 Å². The Labute approximate surface area is 140 Å². The number of hydrogen-bond donors (Lipinski definition) is 0. The van der Waals surface area contributed by atoms with Gasteiger partial charge in [-0.25, -0.2) is 4.39 Å². The summed E-state index contributed by atoms with van der Waals surface area (Å²) in [5.74, 6) is -0.0433. The minimum Gasteiger partial charge on any atom is -0.426 e. The third kappa shape index (κ3) is 3.70. The molecule has 2 aromatic rings. The van der Waals surface area contributed by atoms with Gasteiger partial charge in [0.2, 0.25) is 0 Å². The molecule has 3 rings (SSSR count). The van der Waals surface area contributed by atoms with Crippen LogP contribution >= 0.6 is 0 Å². The van der Waals surface area contributed by atoms with Crippen LogP contribution in [0.4, 0.5) is 4.39 Å². The van der Waals surface area contributed by atoms with Crippen molar-refractivity contribution in [1.29, 1.82) is 0 Å². The van der Waals surface area contributed by atoms with Crippen LogP contribution in [0.25, 0.3) is 11.1 Å². The highest BCUT2D eigenvalue weighted by atomic mass is 19.1. The van der Waals surface area contributed by atoms with Crippen molar-refractivity contribution >= 4 is 11.8 Å². The van der Waals surface area contributed by atoms with Crippen LogP contribution in [0.1, 0.15) is 43.0 Å². The SMILES string of the molecule is CC(=O)c1cccc(-c2cc(OC(=O)CC3CCC3)ccc2F)c1. The lowest BCUT2D eigenvalue weighted by Gasteiger charge is -2.23. The molecule has 1 aliphatic rings. The molecule has 24 heavy (non-hydrogen) atoms. The second-order valence-corrected chi connectivity index (χ2v) is 6.25. The minimum absolute atomic E-state index is 0.0830. The average molecular weight is 326 g/mol. The number of carbonyl (C=O) groups is 2. The van der Waals surface area contributed by atoms with Crippen molar-refractivity contribution in [1.82, 2.24) is 0 Å². The Morgan fingerprint density at radius 2 is 1.96 bits per heavy atom. The van der Waals surface area contributed by atoms with E-state index < -0.39 is 5.82 Å². The van der Waals surface area contributed by atoms with E-state index in [1.54, 1.807) is 24.3 Å². The fraction of sp³-hybridized carbons (Fsp3) is 0.300. The summed E-state index contributed by atoms with van der Waals surface area (Å²) < 4.78 is 19.5. The third-order valence-electron chi connectivity index (χ3n) is 4.43. The first-order valence-electron chi connectivity index (χ1n) is 8.14. The van der Waals surface area contributed by atoms with Gasteiger partial charge >= 0.3 is 5.97 Å². The number of carbonyl (C=O) groups excluding carboxylic acids is 2. The van der Waals surface area contributed by atoms with Crippen LogP contribution in [0, 0.1) is 11.7 Å². The molecule has 0 aliphatic heterocycles. The van der Waals surface area contributed by atoms with Gasteiger partial charge in [-0.1, -0.05) is 24.6 Å². The largest absolute Gasteiger partial charge is 0.426 e. The summed E-state index contributed by atoms with van der Waals surface area (Å²) in [4.78, 5) is 23.4. The molecule has 0 aromatic heterocycles. The normalized spacial score (nSPS) is 14.1. The van der Waals surface area contributed by atoms with Gasteiger partial charge in [-0.05, 0) is 55.5 Å². The molecule has 0 atom stereocenters. The number of Topliss-reactive ketones (excluding diaryl/α,β-unsaturated/α-hetero) is 1. The predicted molar refractivity (Wildman–Crippen MR) is 89.4 cm³/mol. The molecule has 1 aliphatic carbocycles. The molecular formula is C20H19FO3. The first kappa shape index (κ1) is 16.4. The van der Waals surface area contributed by atoms with Crippen LogP contribution in [-0.2, 0) is 4.79 Å². The summed E-state index contributed by atoms with van der Waals surface area (Å²) in [5, 5.41) is 0. The number of benzene rings is 2. The summed E-state index contributed by atoms with van der Waals surface area (Å²) >= 11 is 0. The number of rotatable bonds is 5. The van der Waals surface area contributed by atoms with Crippen LogP contribution in [0.5, 0.6) is 5.75 Å². The first-order valence-corrected chi connectivity index (χ1v) is 8.14. The van der Waals surface area contributed by atoms with E-state index >= 15 is 0 Å². The van der Waals surface area contributed by atoms with Crippen molar-refractivity contribution < 1.29 is 18.7 Å². The van der Waals surface area contributed by atoms with Gasteiger partial charge in [0.05, 0.1) is 0 Å². The molecule has 0 spiro atoms. The quantitative estimate of drug-likeness (QED) is 0.451. The van der Waals surface area contributed by atoms with Gasteiger partial charge in [-0.15, -0.1) is 0 Å². The average Bonchev–Trinajstić information content (AvgIpc) is 2.53. The second kappa shape index (κ2) is 6.95. The van der Waals surface area contributed by atoms with Crippen molar-refractivity contribution in [2.24, 2.45) is 5.92 Å². The Bertz CT molecular complexity index is 778. The molecule has 1 saturated carbocycles. The Morgan fingerprint density at radius 3 is 2.62 bits per heavy atom. The highest BCUT2D eigenvalue weighted by Crippen LogP contribution is 2.31. The van der Waals surface area contributed by atoms with E-state index in [1.165, 1.54) is 31.5 Å². The zero-order valence-corrected chi connectivity index (χ0v) is 13.5. The van der Waals surface area contributed by atoms with Gasteiger partial charge < -0.3 is 4.74 Å². The molecule has 2 aromatic carbocycles. The second-order valence-electron chi connectivity index (χ2n) is 6.25. The lowest BCUT2D eigenvalue weighted by Crippen LogP contribution is -2.19. The maximum Gasteiger partial charge on any atom is 0.311 e. The van der Waals surface area contributed by atoms with E-state index in [2.05, 4.69) is 0 Å². The van der Waals surface area contributed by atoms with Gasteiger partial charge in [0.15, 0.2) is 5.78 Å². The Morgan fingerprint density at radius 1 is 1.17 bits per heavy atom. The molecule has 0 bridgehead atoms. The van der Waals surface area contributed by atoms with Gasteiger partial charge in [0.1, 0.15) is 11.6 Å². The van der Waals surface area contributed by atoms with Crippen molar-refractivity contribution in [3.05, 3.63) is 53.8 Å². The number of ether oxygens (including phenoxy) is 1. The van der Waals surface area contributed by atoms with Crippen LogP contribution in [0.15, 0.2) is 42.5 Å². The van der Waals surface area contributed by atoms with E-state index in [1.807, 2.05) is 0 Å². The summed E-state index contributed by atoms with van der Waals surface area (Å²) in [6.07, 6.45) is 3.72. The molecule has 1 fully saturated rings. The van der Waals surface area contributed by atoms with Gasteiger partial charge in [0.25, 0.3) is 0 Å². The van der Waals surface area contributed by atoms with Crippen LogP contribution in [0.2, 0.25) is 0 Å². The zero-order chi connectivity index (χ0) is 17.1. The molecule has 0 amide bonds. The van der Waals surface area contributed by atoms with E-state index in [0.29, 0.717) is 34.8 Å². The van der Waals surface area contributed by atoms with Crippen LogP contribution in [0.3, 0.4) is 0 Å². The van der Waals surface area contributed by atoms with E-state index in [-0.39, 0.29) is 11.8 Å². The highest BCUT2D eigenvalue weighted by Gasteiger charge is 2.22.